The topological polar surface area (TPSA) is 24.5 Å². The molecule has 1 rings (SSSR count). The lowest BCUT2D eigenvalue weighted by molar-refractivity contribution is 0.124. The van der Waals surface area contributed by atoms with Gasteiger partial charge in [-0.05, 0) is 31.3 Å². The monoisotopic (exact) mass is 228 g/mol. The van der Waals surface area contributed by atoms with E-state index in [1.807, 2.05) is 0 Å². The first kappa shape index (κ1) is 13.9. The van der Waals surface area contributed by atoms with Gasteiger partial charge < -0.3 is 15.0 Å². The predicted molar refractivity (Wildman–Crippen MR) is 68.8 cm³/mol. The van der Waals surface area contributed by atoms with Crippen LogP contribution in [0, 0.1) is 5.41 Å². The van der Waals surface area contributed by atoms with E-state index in [9.17, 15) is 0 Å². The summed E-state index contributed by atoms with van der Waals surface area (Å²) in [5, 5.41) is 3.54. The molecule has 0 aliphatic carbocycles. The molecule has 0 radical (unpaired) electrons. The number of rotatable bonds is 7. The molecule has 0 spiro atoms. The molecule has 0 aromatic heterocycles. The molecule has 1 aliphatic rings. The molecule has 0 aromatic rings. The van der Waals surface area contributed by atoms with Gasteiger partial charge in [-0.2, -0.15) is 0 Å². The lowest BCUT2D eigenvalue weighted by Crippen LogP contribution is -2.37. The normalized spacial score (nSPS) is 22.9. The smallest absolute Gasteiger partial charge is 0.0467 e. The largest absolute Gasteiger partial charge is 0.385 e. The maximum Gasteiger partial charge on any atom is 0.0467 e. The van der Waals surface area contributed by atoms with Gasteiger partial charge in [0.1, 0.15) is 0 Å². The van der Waals surface area contributed by atoms with Crippen molar-refractivity contribution in [3.8, 4) is 0 Å². The Morgan fingerprint density at radius 3 is 2.81 bits per heavy atom. The lowest BCUT2D eigenvalue weighted by Gasteiger charge is -2.30. The molecule has 1 heterocycles. The first-order valence-electron chi connectivity index (χ1n) is 6.52. The van der Waals surface area contributed by atoms with E-state index in [0.29, 0.717) is 11.5 Å². The minimum Gasteiger partial charge on any atom is -0.385 e. The first-order chi connectivity index (χ1) is 7.57. The van der Waals surface area contributed by atoms with Crippen molar-refractivity contribution in [3.63, 3.8) is 0 Å². The van der Waals surface area contributed by atoms with Gasteiger partial charge in [0.15, 0.2) is 0 Å². The third-order valence-electron chi connectivity index (χ3n) is 3.40. The van der Waals surface area contributed by atoms with Gasteiger partial charge in [-0.15, -0.1) is 0 Å². The summed E-state index contributed by atoms with van der Waals surface area (Å²) < 4.78 is 5.17. The van der Waals surface area contributed by atoms with Crippen molar-refractivity contribution in [2.45, 2.75) is 39.7 Å². The number of nitrogens with one attached hydrogen (secondary N) is 1. The second-order valence-corrected chi connectivity index (χ2v) is 5.69. The fourth-order valence-electron chi connectivity index (χ4n) is 2.49. The molecule has 1 fully saturated rings. The van der Waals surface area contributed by atoms with Crippen molar-refractivity contribution >= 4 is 0 Å². The molecule has 0 bridgehead atoms. The number of hydrogen-bond acceptors (Lipinski definition) is 3. The van der Waals surface area contributed by atoms with E-state index in [0.717, 1.165) is 19.6 Å². The highest BCUT2D eigenvalue weighted by atomic mass is 16.5. The van der Waals surface area contributed by atoms with Crippen molar-refractivity contribution in [2.75, 3.05) is 39.9 Å². The van der Waals surface area contributed by atoms with E-state index in [4.69, 9.17) is 4.74 Å². The molecule has 1 unspecified atom stereocenters. The van der Waals surface area contributed by atoms with Crippen LogP contribution in [0.25, 0.3) is 0 Å². The molecule has 1 aliphatic heterocycles. The van der Waals surface area contributed by atoms with E-state index in [-0.39, 0.29) is 0 Å². The van der Waals surface area contributed by atoms with Crippen LogP contribution in [0.15, 0.2) is 0 Å². The van der Waals surface area contributed by atoms with Crippen LogP contribution in [0.4, 0.5) is 0 Å². The van der Waals surface area contributed by atoms with E-state index in [1.165, 1.54) is 26.1 Å². The first-order valence-corrected chi connectivity index (χ1v) is 6.52. The fourth-order valence-corrected chi connectivity index (χ4v) is 2.49. The highest BCUT2D eigenvalue weighted by Gasteiger charge is 2.27. The lowest BCUT2D eigenvalue weighted by atomic mass is 9.89. The van der Waals surface area contributed by atoms with Crippen LogP contribution in [-0.4, -0.2) is 50.8 Å². The molecule has 3 nitrogen and oxygen atoms in total. The number of ether oxygens (including phenoxy) is 1. The second kappa shape index (κ2) is 6.58. The minimum atomic E-state index is 0.372. The highest BCUT2D eigenvalue weighted by Crippen LogP contribution is 2.24. The standard InChI is InChI=1S/C13H28N2O/c1-5-14-12-6-8-15(10-12)11-13(2,3)7-9-16-4/h12,14H,5-11H2,1-4H3. The maximum absolute atomic E-state index is 5.17. The van der Waals surface area contributed by atoms with Gasteiger partial charge in [0.05, 0.1) is 0 Å². The zero-order chi connectivity index (χ0) is 12.0. The van der Waals surface area contributed by atoms with Crippen molar-refractivity contribution in [2.24, 2.45) is 5.41 Å². The SMILES string of the molecule is CCNC1CCN(CC(C)(C)CCOC)C1. The number of likely N-dealkylation sites (N-methyl/N-ethyl adjacent to an activating group) is 1. The Morgan fingerprint density at radius 1 is 1.44 bits per heavy atom. The summed E-state index contributed by atoms with van der Waals surface area (Å²) in [4.78, 5) is 2.59. The van der Waals surface area contributed by atoms with E-state index in [1.54, 1.807) is 7.11 Å². The maximum atomic E-state index is 5.17. The number of likely N-dealkylation sites (tertiary alicyclic amines) is 1. The summed E-state index contributed by atoms with van der Waals surface area (Å²) in [6, 6.07) is 0.711. The molecule has 1 saturated heterocycles. The average Bonchev–Trinajstić information content (AvgIpc) is 2.62. The van der Waals surface area contributed by atoms with Crippen LogP contribution in [0.3, 0.4) is 0 Å². The molecular formula is C13H28N2O. The molecule has 3 heteroatoms. The molecular weight excluding hydrogens is 200 g/mol. The predicted octanol–water partition coefficient (Wildman–Crippen LogP) is 1.73. The Morgan fingerprint density at radius 2 is 2.19 bits per heavy atom. The number of nitrogens with zero attached hydrogens (tertiary/aromatic N) is 1. The van der Waals surface area contributed by atoms with E-state index >= 15 is 0 Å². The van der Waals surface area contributed by atoms with Gasteiger partial charge in [0.2, 0.25) is 0 Å². The summed E-state index contributed by atoms with van der Waals surface area (Å²) in [7, 11) is 1.78. The highest BCUT2D eigenvalue weighted by molar-refractivity contribution is 4.84. The molecule has 1 N–H and O–H groups in total. The summed E-state index contributed by atoms with van der Waals surface area (Å²) >= 11 is 0. The molecule has 0 saturated carbocycles. The van der Waals surface area contributed by atoms with Crippen LogP contribution < -0.4 is 5.32 Å². The van der Waals surface area contributed by atoms with Crippen molar-refractivity contribution in [1.29, 1.82) is 0 Å². The zero-order valence-corrected chi connectivity index (χ0v) is 11.4. The van der Waals surface area contributed by atoms with Crippen LogP contribution >= 0.6 is 0 Å². The molecule has 0 amide bonds. The van der Waals surface area contributed by atoms with Gasteiger partial charge in [-0.1, -0.05) is 20.8 Å². The Hall–Kier alpha value is -0.120. The van der Waals surface area contributed by atoms with Crippen molar-refractivity contribution in [3.05, 3.63) is 0 Å². The quantitative estimate of drug-likeness (QED) is 0.718. The number of methoxy groups -OCH3 is 1. The van der Waals surface area contributed by atoms with Gasteiger partial charge in [-0.25, -0.2) is 0 Å². The Kier molecular flexibility index (Phi) is 5.73. The summed E-state index contributed by atoms with van der Waals surface area (Å²) in [5.74, 6) is 0. The zero-order valence-electron chi connectivity index (χ0n) is 11.4. The third kappa shape index (κ3) is 4.81. The molecule has 1 atom stereocenters. The van der Waals surface area contributed by atoms with Crippen LogP contribution in [0.2, 0.25) is 0 Å². The third-order valence-corrected chi connectivity index (χ3v) is 3.40. The van der Waals surface area contributed by atoms with E-state index in [2.05, 4.69) is 31.0 Å². The van der Waals surface area contributed by atoms with Gasteiger partial charge in [0, 0.05) is 32.8 Å². The van der Waals surface area contributed by atoms with Crippen molar-refractivity contribution < 1.29 is 4.74 Å². The molecule has 96 valence electrons. The Balaban J connectivity index is 2.26. The van der Waals surface area contributed by atoms with Crippen LogP contribution in [-0.2, 0) is 4.74 Å². The summed E-state index contributed by atoms with van der Waals surface area (Å²) in [5.41, 5.74) is 0.372. The average molecular weight is 228 g/mol. The van der Waals surface area contributed by atoms with Crippen LogP contribution in [0.1, 0.15) is 33.6 Å². The summed E-state index contributed by atoms with van der Waals surface area (Å²) in [6.07, 6.45) is 2.44. The van der Waals surface area contributed by atoms with Crippen LogP contribution in [0.5, 0.6) is 0 Å². The molecule has 16 heavy (non-hydrogen) atoms. The second-order valence-electron chi connectivity index (χ2n) is 5.69. The number of hydrogen-bond donors (Lipinski definition) is 1. The van der Waals surface area contributed by atoms with Gasteiger partial charge >= 0.3 is 0 Å². The van der Waals surface area contributed by atoms with E-state index < -0.39 is 0 Å². The molecule has 0 aromatic carbocycles. The van der Waals surface area contributed by atoms with Crippen molar-refractivity contribution in [1.82, 2.24) is 10.2 Å². The fraction of sp³-hybridized carbons (Fsp3) is 1.00. The van der Waals surface area contributed by atoms with Gasteiger partial charge in [-0.3, -0.25) is 0 Å². The Labute approximate surface area is 101 Å². The summed E-state index contributed by atoms with van der Waals surface area (Å²) in [6.45, 7) is 12.5. The minimum absolute atomic E-state index is 0.372. The Bertz CT molecular complexity index is 194. The van der Waals surface area contributed by atoms with Gasteiger partial charge in [0.25, 0.3) is 0 Å².